The monoisotopic (exact) mass is 457 g/mol. The summed E-state index contributed by atoms with van der Waals surface area (Å²) in [5.74, 6) is 1.61. The van der Waals surface area contributed by atoms with Crippen LogP contribution in [0.15, 0.2) is 35.6 Å². The topological polar surface area (TPSA) is 120 Å². The third kappa shape index (κ3) is 4.78. The van der Waals surface area contributed by atoms with Crippen LogP contribution in [0.25, 0.3) is 0 Å². The van der Waals surface area contributed by atoms with Gasteiger partial charge in [0.05, 0.1) is 11.5 Å². The highest BCUT2D eigenvalue weighted by Crippen LogP contribution is 2.40. The molecule has 0 atom stereocenters. The first-order valence-electron chi connectivity index (χ1n) is 11.1. The molecule has 1 saturated carbocycles. The summed E-state index contributed by atoms with van der Waals surface area (Å²) in [5.41, 5.74) is 8.84. The third-order valence-electron chi connectivity index (χ3n) is 6.28. The van der Waals surface area contributed by atoms with Crippen molar-refractivity contribution in [1.29, 1.82) is 0 Å². The van der Waals surface area contributed by atoms with E-state index in [0.717, 1.165) is 37.0 Å². The average molecular weight is 458 g/mol. The predicted octanol–water partition coefficient (Wildman–Crippen LogP) is 3.56. The predicted molar refractivity (Wildman–Crippen MR) is 126 cm³/mol. The van der Waals surface area contributed by atoms with E-state index in [1.54, 1.807) is 0 Å². The van der Waals surface area contributed by atoms with E-state index in [2.05, 4.69) is 39.0 Å². The molecule has 4 rings (SSSR count). The van der Waals surface area contributed by atoms with Crippen molar-refractivity contribution in [2.75, 3.05) is 18.0 Å². The van der Waals surface area contributed by atoms with Crippen molar-refractivity contribution in [2.45, 2.75) is 58.0 Å². The van der Waals surface area contributed by atoms with Gasteiger partial charge in [-0.25, -0.2) is 23.1 Å². The molecule has 2 heterocycles. The highest BCUT2D eigenvalue weighted by Gasteiger charge is 2.35. The Bertz CT molecular complexity index is 1100. The van der Waals surface area contributed by atoms with E-state index < -0.39 is 15.6 Å². The second-order valence-electron chi connectivity index (χ2n) is 9.10. The molecule has 0 amide bonds. The van der Waals surface area contributed by atoms with Crippen LogP contribution in [0.5, 0.6) is 5.88 Å². The van der Waals surface area contributed by atoms with Crippen LogP contribution in [0.4, 0.5) is 11.5 Å². The number of rotatable bonds is 6. The van der Waals surface area contributed by atoms with Crippen LogP contribution in [0.1, 0.15) is 63.5 Å². The van der Waals surface area contributed by atoms with Crippen molar-refractivity contribution in [3.63, 3.8) is 0 Å². The van der Waals surface area contributed by atoms with Crippen molar-refractivity contribution in [3.8, 4) is 5.88 Å². The van der Waals surface area contributed by atoms with Gasteiger partial charge in [0.2, 0.25) is 15.9 Å². The van der Waals surface area contributed by atoms with Crippen LogP contribution in [-0.4, -0.2) is 42.0 Å². The quantitative estimate of drug-likeness (QED) is 0.684. The molecule has 1 aliphatic carbocycles. The molecule has 172 valence electrons. The lowest BCUT2D eigenvalue weighted by atomic mass is 9.79. The summed E-state index contributed by atoms with van der Waals surface area (Å²) in [7, 11) is -3.16. The minimum atomic E-state index is -3.16. The fourth-order valence-electron chi connectivity index (χ4n) is 4.67. The van der Waals surface area contributed by atoms with Crippen LogP contribution < -0.4 is 15.2 Å². The molecule has 1 aromatic carbocycles. The van der Waals surface area contributed by atoms with E-state index in [1.807, 2.05) is 20.8 Å². The Morgan fingerprint density at radius 3 is 2.47 bits per heavy atom. The number of aromatic nitrogens is 2. The second-order valence-corrected chi connectivity index (χ2v) is 11.0. The molecular weight excluding hydrogens is 426 g/mol. The molecule has 2 aliphatic rings. The number of fused-ring (bicyclic) bond motifs is 1. The van der Waals surface area contributed by atoms with Crippen LogP contribution in [0.3, 0.4) is 0 Å². The summed E-state index contributed by atoms with van der Waals surface area (Å²) in [5, 5.41) is 0. The van der Waals surface area contributed by atoms with Crippen molar-refractivity contribution < 1.29 is 13.2 Å². The van der Waals surface area contributed by atoms with E-state index in [9.17, 15) is 8.42 Å². The van der Waals surface area contributed by atoms with E-state index in [-0.39, 0.29) is 11.7 Å². The lowest BCUT2D eigenvalue weighted by Crippen LogP contribution is -2.41. The van der Waals surface area contributed by atoms with Gasteiger partial charge in [-0.05, 0) is 56.9 Å². The zero-order chi connectivity index (χ0) is 22.9. The Kier molecular flexibility index (Phi) is 6.22. The largest absolute Gasteiger partial charge is 0.463 e. The first-order valence-corrected chi connectivity index (χ1v) is 12.8. The summed E-state index contributed by atoms with van der Waals surface area (Å²) in [6.45, 7) is 6.18. The number of nitrogen functional groups attached to an aromatic ring is 1. The molecule has 8 nitrogen and oxygen atoms in total. The Morgan fingerprint density at radius 1 is 1.12 bits per heavy atom. The Hall–Kier alpha value is -2.52. The van der Waals surface area contributed by atoms with Gasteiger partial charge in [0.25, 0.3) is 0 Å². The van der Waals surface area contributed by atoms with Crippen molar-refractivity contribution in [3.05, 3.63) is 41.7 Å². The minimum absolute atomic E-state index is 0.232. The molecule has 1 aromatic heterocycles. The molecule has 2 aromatic rings. The molecule has 0 radical (unpaired) electrons. The molecule has 0 unspecified atom stereocenters. The smallest absolute Gasteiger partial charge is 0.246 e. The van der Waals surface area contributed by atoms with Gasteiger partial charge in [-0.2, -0.15) is 4.98 Å². The minimum Gasteiger partial charge on any atom is -0.463 e. The van der Waals surface area contributed by atoms with Gasteiger partial charge in [-0.1, -0.05) is 31.2 Å². The fraction of sp³-hybridized carbons (Fsp3) is 0.522. The Balaban J connectivity index is 1.47. The molecule has 9 heteroatoms. The van der Waals surface area contributed by atoms with E-state index in [4.69, 9.17) is 15.5 Å². The highest BCUT2D eigenvalue weighted by molar-refractivity contribution is 7.89. The maximum atomic E-state index is 12.0. The zero-order valence-electron chi connectivity index (χ0n) is 18.8. The summed E-state index contributed by atoms with van der Waals surface area (Å²) in [4.78, 5) is 12.9. The number of sulfonamides is 1. The van der Waals surface area contributed by atoms with E-state index >= 15 is 0 Å². The SMILES string of the molecule is CCNS(=O)(=O)C[C@H]1CC[C@H](c2ccc(C3=Nc4c(N)ncnc4OC3(C)C)cc2)CC1. The number of ether oxygens (including phenoxy) is 1. The van der Waals surface area contributed by atoms with Crippen LogP contribution >= 0.6 is 0 Å². The number of nitrogens with two attached hydrogens (primary N) is 1. The first-order chi connectivity index (χ1) is 15.2. The van der Waals surface area contributed by atoms with Crippen molar-refractivity contribution in [1.82, 2.24) is 14.7 Å². The van der Waals surface area contributed by atoms with Crippen LogP contribution in [0, 0.1) is 5.92 Å². The summed E-state index contributed by atoms with van der Waals surface area (Å²) in [6.07, 6.45) is 5.25. The maximum Gasteiger partial charge on any atom is 0.246 e. The number of anilines is 1. The summed E-state index contributed by atoms with van der Waals surface area (Å²) >= 11 is 0. The number of benzene rings is 1. The number of aliphatic imine (C=N–C) groups is 1. The first kappa shape index (κ1) is 22.7. The van der Waals surface area contributed by atoms with Crippen LogP contribution in [0.2, 0.25) is 0 Å². The maximum absolute atomic E-state index is 12.0. The van der Waals surface area contributed by atoms with Crippen LogP contribution in [-0.2, 0) is 10.0 Å². The molecular formula is C23H31N5O3S. The van der Waals surface area contributed by atoms with Gasteiger partial charge in [0.15, 0.2) is 11.5 Å². The van der Waals surface area contributed by atoms with Gasteiger partial charge in [-0.15, -0.1) is 0 Å². The lowest BCUT2D eigenvalue weighted by molar-refractivity contribution is 0.171. The number of hydrogen-bond acceptors (Lipinski definition) is 7. The third-order valence-corrected chi connectivity index (χ3v) is 7.92. The number of nitrogens with zero attached hydrogens (tertiary/aromatic N) is 3. The molecule has 1 aliphatic heterocycles. The van der Waals surface area contributed by atoms with E-state index in [0.29, 0.717) is 29.8 Å². The summed E-state index contributed by atoms with van der Waals surface area (Å²) in [6, 6.07) is 8.45. The normalized spacial score (nSPS) is 22.5. The molecule has 1 fully saturated rings. The lowest BCUT2D eigenvalue weighted by Gasteiger charge is -2.32. The zero-order valence-corrected chi connectivity index (χ0v) is 19.7. The average Bonchev–Trinajstić information content (AvgIpc) is 2.73. The van der Waals surface area contributed by atoms with Gasteiger partial charge >= 0.3 is 0 Å². The Labute approximate surface area is 189 Å². The van der Waals surface area contributed by atoms with Gasteiger partial charge in [0, 0.05) is 12.1 Å². The van der Waals surface area contributed by atoms with Gasteiger partial charge in [0.1, 0.15) is 11.9 Å². The molecule has 3 N–H and O–H groups in total. The fourth-order valence-corrected chi connectivity index (χ4v) is 6.18. The standard InChI is InChI=1S/C23H31N5O3S/c1-4-27-32(29,30)13-15-5-7-16(8-6-15)17-9-11-18(12-10-17)20-23(2,3)31-22-19(28-20)21(24)25-14-26-22/h9-12,14-16,27H,4-8,13H2,1-3H3,(H2,24,25,26)/t15-,16-. The number of nitrogens with one attached hydrogen (secondary N) is 1. The van der Waals surface area contributed by atoms with E-state index in [1.165, 1.54) is 11.9 Å². The highest BCUT2D eigenvalue weighted by atomic mass is 32.2. The van der Waals surface area contributed by atoms with Gasteiger partial charge in [-0.3, -0.25) is 0 Å². The van der Waals surface area contributed by atoms with Gasteiger partial charge < -0.3 is 10.5 Å². The molecule has 0 spiro atoms. The molecule has 0 saturated heterocycles. The number of hydrogen-bond donors (Lipinski definition) is 2. The summed E-state index contributed by atoms with van der Waals surface area (Å²) < 4.78 is 32.7. The Morgan fingerprint density at radius 2 is 1.81 bits per heavy atom. The molecule has 0 bridgehead atoms. The second kappa shape index (κ2) is 8.78. The molecule has 32 heavy (non-hydrogen) atoms. The van der Waals surface area contributed by atoms with Crippen molar-refractivity contribution in [2.24, 2.45) is 10.9 Å². The van der Waals surface area contributed by atoms with Crippen molar-refractivity contribution >= 4 is 27.2 Å².